The van der Waals surface area contributed by atoms with Crippen LogP contribution in [0.1, 0.15) is 29.1 Å². The van der Waals surface area contributed by atoms with E-state index in [0.717, 1.165) is 78.3 Å². The van der Waals surface area contributed by atoms with Crippen LogP contribution in [0.15, 0.2) is 259 Å². The highest BCUT2D eigenvalue weighted by Crippen LogP contribution is 2.59. The molecular formula is C61H42N2O. The van der Waals surface area contributed by atoms with Crippen LogP contribution in [0.4, 0.5) is 34.1 Å². The maximum Gasteiger partial charge on any atom is 0.140 e. The molecule has 10 aromatic carbocycles. The second-order valence-corrected chi connectivity index (χ2v) is 16.1. The largest absolute Gasteiger partial charge is 0.456 e. The van der Waals surface area contributed by atoms with E-state index in [1.165, 1.54) is 0 Å². The van der Waals surface area contributed by atoms with Crippen LogP contribution in [0.25, 0.3) is 44.2 Å². The number of anilines is 6. The van der Waals surface area contributed by atoms with Crippen LogP contribution in [0.3, 0.4) is 0 Å². The Bertz CT molecular complexity index is 3660. The summed E-state index contributed by atoms with van der Waals surface area (Å²) in [7, 11) is 0. The van der Waals surface area contributed by atoms with Crippen molar-refractivity contribution in [3.63, 3.8) is 0 Å². The third kappa shape index (κ3) is 6.05. The normalized spacial score (nSPS) is 15.1. The SMILES string of the molecule is [2H]c1c([2H])c([2H])c(C2(c3cccc4c3oc3ccccc34)c3ccc(N(c4ccccc4)c4ccccc4)cc3-c3cc(N(c4ccccc4)c4ccc(-c5ccccc5)cc4)ccc32)c([2H])c1[2H]. The molecule has 302 valence electrons. The van der Waals surface area contributed by atoms with Gasteiger partial charge >= 0.3 is 0 Å². The standard InChI is InChI=1S/C61H42N2O/c1-6-19-43(20-7-1)44-33-35-49(36-34-44)63(48-27-14-5-15-28-48)51-38-40-57-55(42-51)54-41-50(62(46-23-10-3-11-24-46)47-25-12-4-13-26-47)37-39-56(54)61(57,45-21-8-2-9-22-45)58-31-18-30-53-52-29-16-17-32-59(52)64-60(53)58/h1-42H/i2D,8D,9D,21D,22D. The first kappa shape index (κ1) is 32.3. The van der Waals surface area contributed by atoms with Gasteiger partial charge in [-0.3, -0.25) is 0 Å². The first-order chi connectivity index (χ1) is 33.8. The van der Waals surface area contributed by atoms with Gasteiger partial charge in [0.2, 0.25) is 0 Å². The first-order valence-corrected chi connectivity index (χ1v) is 21.5. The van der Waals surface area contributed by atoms with Gasteiger partial charge in [-0.05, 0) is 118 Å². The summed E-state index contributed by atoms with van der Waals surface area (Å²) in [6, 6.07) is 74.5. The van der Waals surface area contributed by atoms with Crippen molar-refractivity contribution in [3.05, 3.63) is 277 Å². The van der Waals surface area contributed by atoms with Gasteiger partial charge in [0.15, 0.2) is 0 Å². The van der Waals surface area contributed by atoms with Gasteiger partial charge in [-0.15, -0.1) is 0 Å². The molecule has 64 heavy (non-hydrogen) atoms. The Labute approximate surface area is 380 Å². The van der Waals surface area contributed by atoms with Gasteiger partial charge in [0.1, 0.15) is 11.2 Å². The highest BCUT2D eigenvalue weighted by Gasteiger charge is 2.48. The van der Waals surface area contributed by atoms with E-state index in [-0.39, 0.29) is 17.6 Å². The molecule has 1 aromatic heterocycles. The van der Waals surface area contributed by atoms with Gasteiger partial charge in [-0.1, -0.05) is 176 Å². The lowest BCUT2D eigenvalue weighted by Gasteiger charge is -2.34. The predicted octanol–water partition coefficient (Wildman–Crippen LogP) is 16.6. The lowest BCUT2D eigenvalue weighted by Crippen LogP contribution is -2.29. The van der Waals surface area contributed by atoms with Crippen LogP contribution in [0, 0.1) is 0 Å². The summed E-state index contributed by atoms with van der Waals surface area (Å²) in [5.41, 5.74) is 11.7. The highest BCUT2D eigenvalue weighted by atomic mass is 16.3. The van der Waals surface area contributed by atoms with Crippen LogP contribution in [0.2, 0.25) is 0 Å². The Morgan fingerprint density at radius 1 is 0.359 bits per heavy atom. The average molecular weight is 824 g/mol. The fraction of sp³-hybridized carbons (Fsp3) is 0.0164. The lowest BCUT2D eigenvalue weighted by atomic mass is 9.67. The van der Waals surface area contributed by atoms with Crippen molar-refractivity contribution < 1.29 is 11.3 Å². The van der Waals surface area contributed by atoms with E-state index in [1.54, 1.807) is 0 Å². The second kappa shape index (κ2) is 15.5. The van der Waals surface area contributed by atoms with Gasteiger partial charge in [-0.25, -0.2) is 0 Å². The molecule has 3 nitrogen and oxygen atoms in total. The van der Waals surface area contributed by atoms with Crippen molar-refractivity contribution in [2.45, 2.75) is 5.41 Å². The van der Waals surface area contributed by atoms with E-state index in [2.05, 4.69) is 119 Å². The quantitative estimate of drug-likeness (QED) is 0.145. The van der Waals surface area contributed by atoms with Gasteiger partial charge in [0, 0.05) is 50.5 Å². The number of nitrogens with zero attached hydrogens (tertiary/aromatic N) is 2. The molecular weight excluding hydrogens is 777 g/mol. The van der Waals surface area contributed by atoms with Crippen LogP contribution in [0.5, 0.6) is 0 Å². The van der Waals surface area contributed by atoms with Gasteiger partial charge in [0.05, 0.1) is 12.3 Å². The Morgan fingerprint density at radius 2 is 0.812 bits per heavy atom. The Morgan fingerprint density at radius 3 is 1.38 bits per heavy atom. The summed E-state index contributed by atoms with van der Waals surface area (Å²) < 4.78 is 53.6. The zero-order valence-electron chi connectivity index (χ0n) is 39.7. The van der Waals surface area contributed by atoms with Gasteiger partial charge in [-0.2, -0.15) is 0 Å². The molecule has 0 spiro atoms. The van der Waals surface area contributed by atoms with Gasteiger partial charge in [0.25, 0.3) is 0 Å². The molecule has 0 N–H and O–H groups in total. The minimum atomic E-state index is -1.46. The smallest absolute Gasteiger partial charge is 0.140 e. The zero-order valence-corrected chi connectivity index (χ0v) is 34.7. The molecule has 1 unspecified atom stereocenters. The number of benzene rings is 10. The Hall–Kier alpha value is -8.40. The minimum absolute atomic E-state index is 0.154. The summed E-state index contributed by atoms with van der Waals surface area (Å²) in [6.07, 6.45) is 0. The van der Waals surface area contributed by atoms with E-state index in [4.69, 9.17) is 5.79 Å². The lowest BCUT2D eigenvalue weighted by molar-refractivity contribution is 0.648. The van der Waals surface area contributed by atoms with Gasteiger partial charge < -0.3 is 14.2 Å². The Kier molecular flexibility index (Phi) is 7.83. The number of fused-ring (bicyclic) bond motifs is 6. The number of furan rings is 1. The minimum Gasteiger partial charge on any atom is -0.456 e. The molecule has 0 saturated heterocycles. The van der Waals surface area contributed by atoms with Crippen LogP contribution < -0.4 is 9.80 Å². The molecule has 0 aliphatic heterocycles. The number of hydrogen-bond donors (Lipinski definition) is 0. The Balaban J connectivity index is 1.19. The van der Waals surface area contributed by atoms with Crippen LogP contribution >= 0.6 is 0 Å². The molecule has 0 radical (unpaired) electrons. The van der Waals surface area contributed by atoms with Crippen molar-refractivity contribution in [1.82, 2.24) is 0 Å². The van der Waals surface area contributed by atoms with E-state index < -0.39 is 23.5 Å². The molecule has 1 atom stereocenters. The molecule has 1 aliphatic carbocycles. The predicted molar refractivity (Wildman–Crippen MR) is 266 cm³/mol. The van der Waals surface area contributed by atoms with Crippen molar-refractivity contribution in [1.29, 1.82) is 0 Å². The second-order valence-electron chi connectivity index (χ2n) is 16.1. The molecule has 0 bridgehead atoms. The summed E-state index contributed by atoms with van der Waals surface area (Å²) >= 11 is 0. The summed E-state index contributed by atoms with van der Waals surface area (Å²) in [6.45, 7) is 0. The zero-order chi connectivity index (χ0) is 46.8. The number of rotatable bonds is 9. The summed E-state index contributed by atoms with van der Waals surface area (Å²) in [5, 5.41) is 1.79. The fourth-order valence-corrected chi connectivity index (χ4v) is 9.82. The van der Waals surface area contributed by atoms with E-state index in [1.807, 2.05) is 115 Å². The average Bonchev–Trinajstić information content (AvgIpc) is 3.93. The molecule has 0 amide bonds. The number of para-hydroxylation sites is 5. The fourth-order valence-electron chi connectivity index (χ4n) is 9.82. The van der Waals surface area contributed by atoms with Crippen molar-refractivity contribution in [3.8, 4) is 22.3 Å². The first-order valence-electron chi connectivity index (χ1n) is 24.0. The molecule has 3 heteroatoms. The molecule has 1 heterocycles. The molecule has 12 rings (SSSR count). The van der Waals surface area contributed by atoms with Crippen molar-refractivity contribution in [2.75, 3.05) is 9.80 Å². The van der Waals surface area contributed by atoms with E-state index in [9.17, 15) is 5.48 Å². The van der Waals surface area contributed by atoms with Crippen LogP contribution in [-0.2, 0) is 5.41 Å². The third-order valence-electron chi connectivity index (χ3n) is 12.6. The van der Waals surface area contributed by atoms with Crippen LogP contribution in [-0.4, -0.2) is 0 Å². The summed E-state index contributed by atoms with van der Waals surface area (Å²) in [5.74, 6) is 0. The maximum atomic E-state index is 9.80. The molecule has 0 saturated carbocycles. The van der Waals surface area contributed by atoms with E-state index >= 15 is 0 Å². The molecule has 11 aromatic rings. The maximum absolute atomic E-state index is 9.80. The highest BCUT2D eigenvalue weighted by molar-refractivity contribution is 6.07. The molecule has 1 aliphatic rings. The monoisotopic (exact) mass is 823 g/mol. The number of hydrogen-bond acceptors (Lipinski definition) is 3. The summed E-state index contributed by atoms with van der Waals surface area (Å²) in [4.78, 5) is 4.46. The van der Waals surface area contributed by atoms with Crippen molar-refractivity contribution >= 4 is 56.1 Å². The van der Waals surface area contributed by atoms with E-state index in [0.29, 0.717) is 16.7 Å². The molecule has 0 fully saturated rings. The van der Waals surface area contributed by atoms with Crippen molar-refractivity contribution in [2.24, 2.45) is 0 Å². The third-order valence-corrected chi connectivity index (χ3v) is 12.6. The topological polar surface area (TPSA) is 19.6 Å².